The lowest BCUT2D eigenvalue weighted by Crippen LogP contribution is -2.28. The predicted octanol–water partition coefficient (Wildman–Crippen LogP) is 2.45. The van der Waals surface area contributed by atoms with Crippen LogP contribution in [0.1, 0.15) is 28.8 Å². The number of amides is 1. The maximum Gasteiger partial charge on any atom is 0.253 e. The Hall–Kier alpha value is -1.96. The first-order chi connectivity index (χ1) is 12.0. The monoisotopic (exact) mass is 379 g/mol. The number of carbonyl (C=O) groups excluding carboxylic acids is 1. The van der Waals surface area contributed by atoms with Gasteiger partial charge in [-0.3, -0.25) is 9.78 Å². The molecule has 0 aliphatic carbocycles. The summed E-state index contributed by atoms with van der Waals surface area (Å²) in [5.74, 6) is -0.424. The van der Waals surface area contributed by atoms with Crippen LogP contribution in [0.25, 0.3) is 0 Å². The average Bonchev–Trinajstić information content (AvgIpc) is 3.16. The lowest BCUT2D eigenvalue weighted by Gasteiger charge is -2.16. The molecule has 0 spiro atoms. The normalized spacial score (nSPS) is 15.2. The van der Waals surface area contributed by atoms with E-state index in [0.717, 1.165) is 18.4 Å². The Morgan fingerprint density at radius 1 is 1.24 bits per heavy atom. The third-order valence-electron chi connectivity index (χ3n) is 4.06. The Labute approximate surface area is 151 Å². The molecule has 1 amide bonds. The van der Waals surface area contributed by atoms with Crippen molar-refractivity contribution in [3.8, 4) is 0 Å². The fourth-order valence-electron chi connectivity index (χ4n) is 2.70. The number of aromatic nitrogens is 1. The summed E-state index contributed by atoms with van der Waals surface area (Å²) in [6, 6.07) is 7.84. The lowest BCUT2D eigenvalue weighted by atomic mass is 10.2. The highest BCUT2D eigenvalue weighted by molar-refractivity contribution is 7.89. The van der Waals surface area contributed by atoms with Crippen LogP contribution in [-0.2, 0) is 16.6 Å². The van der Waals surface area contributed by atoms with Gasteiger partial charge in [-0.15, -0.1) is 0 Å². The zero-order chi connectivity index (χ0) is 17.9. The summed E-state index contributed by atoms with van der Waals surface area (Å²) in [6.07, 6.45) is 5.00. The van der Waals surface area contributed by atoms with Gasteiger partial charge in [0.2, 0.25) is 10.0 Å². The molecule has 0 radical (unpaired) electrons. The molecule has 1 aliphatic heterocycles. The SMILES string of the molecule is O=C(NCc1cccnc1)c1cc(S(=O)(=O)N2CCCC2)ccc1Cl. The van der Waals surface area contributed by atoms with Crippen molar-refractivity contribution in [2.45, 2.75) is 24.3 Å². The van der Waals surface area contributed by atoms with E-state index in [1.165, 1.54) is 22.5 Å². The maximum atomic E-state index is 12.6. The lowest BCUT2D eigenvalue weighted by molar-refractivity contribution is 0.0951. The van der Waals surface area contributed by atoms with Gasteiger partial charge in [0, 0.05) is 32.0 Å². The van der Waals surface area contributed by atoms with E-state index >= 15 is 0 Å². The molecule has 1 aromatic carbocycles. The van der Waals surface area contributed by atoms with E-state index in [2.05, 4.69) is 10.3 Å². The van der Waals surface area contributed by atoms with Crippen molar-refractivity contribution in [1.29, 1.82) is 0 Å². The number of nitrogens with zero attached hydrogens (tertiary/aromatic N) is 2. The molecule has 1 aliphatic rings. The Morgan fingerprint density at radius 2 is 2.00 bits per heavy atom. The molecule has 1 fully saturated rings. The number of hydrogen-bond acceptors (Lipinski definition) is 4. The second-order valence-electron chi connectivity index (χ2n) is 5.80. The largest absolute Gasteiger partial charge is 0.348 e. The molecule has 0 atom stereocenters. The molecule has 6 nitrogen and oxygen atoms in total. The van der Waals surface area contributed by atoms with Crippen LogP contribution < -0.4 is 5.32 Å². The van der Waals surface area contributed by atoms with Crippen molar-refractivity contribution < 1.29 is 13.2 Å². The smallest absolute Gasteiger partial charge is 0.253 e. The highest BCUT2D eigenvalue weighted by Crippen LogP contribution is 2.25. The molecule has 0 saturated carbocycles. The van der Waals surface area contributed by atoms with Gasteiger partial charge in [-0.05, 0) is 42.7 Å². The van der Waals surface area contributed by atoms with Crippen molar-refractivity contribution in [2.75, 3.05) is 13.1 Å². The van der Waals surface area contributed by atoms with Crippen molar-refractivity contribution >= 4 is 27.5 Å². The molecule has 25 heavy (non-hydrogen) atoms. The summed E-state index contributed by atoms with van der Waals surface area (Å²) in [4.78, 5) is 16.5. The molecule has 3 rings (SSSR count). The first-order valence-electron chi connectivity index (χ1n) is 7.95. The zero-order valence-corrected chi connectivity index (χ0v) is 15.1. The molecule has 2 heterocycles. The molecular weight excluding hydrogens is 362 g/mol. The van der Waals surface area contributed by atoms with E-state index in [0.29, 0.717) is 13.1 Å². The minimum absolute atomic E-state index is 0.0883. The summed E-state index contributed by atoms with van der Waals surface area (Å²) in [7, 11) is -3.59. The number of sulfonamides is 1. The predicted molar refractivity (Wildman–Crippen MR) is 94.9 cm³/mol. The molecule has 1 N–H and O–H groups in total. The van der Waals surface area contributed by atoms with E-state index in [9.17, 15) is 13.2 Å². The molecule has 132 valence electrons. The van der Waals surface area contributed by atoms with Crippen molar-refractivity contribution in [1.82, 2.24) is 14.6 Å². The van der Waals surface area contributed by atoms with E-state index in [-0.39, 0.29) is 22.0 Å². The van der Waals surface area contributed by atoms with E-state index < -0.39 is 15.9 Å². The van der Waals surface area contributed by atoms with Gasteiger partial charge in [0.1, 0.15) is 0 Å². The first kappa shape index (κ1) is 17.8. The minimum atomic E-state index is -3.59. The van der Waals surface area contributed by atoms with Crippen LogP contribution in [0.2, 0.25) is 5.02 Å². The minimum Gasteiger partial charge on any atom is -0.348 e. The zero-order valence-electron chi connectivity index (χ0n) is 13.5. The van der Waals surface area contributed by atoms with Crippen LogP contribution in [0.4, 0.5) is 0 Å². The molecule has 8 heteroatoms. The van der Waals surface area contributed by atoms with Gasteiger partial charge in [0.05, 0.1) is 15.5 Å². The summed E-state index contributed by atoms with van der Waals surface area (Å²) in [5.41, 5.74) is 0.985. The van der Waals surface area contributed by atoms with Crippen LogP contribution in [0.3, 0.4) is 0 Å². The standard InChI is InChI=1S/C17H18ClN3O3S/c18-16-6-5-14(25(23,24)21-8-1-2-9-21)10-15(16)17(22)20-12-13-4-3-7-19-11-13/h3-7,10-11H,1-2,8-9,12H2,(H,20,22). The molecule has 2 aromatic rings. The van der Waals surface area contributed by atoms with E-state index in [1.54, 1.807) is 18.5 Å². The number of carbonyl (C=O) groups is 1. The summed E-state index contributed by atoms with van der Waals surface area (Å²) in [5, 5.41) is 2.94. The van der Waals surface area contributed by atoms with Crippen molar-refractivity contribution in [3.63, 3.8) is 0 Å². The van der Waals surface area contributed by atoms with Gasteiger partial charge in [-0.2, -0.15) is 4.31 Å². The molecular formula is C17H18ClN3O3S. The Balaban J connectivity index is 1.80. The van der Waals surface area contributed by atoms with Crippen LogP contribution in [0, 0.1) is 0 Å². The Bertz CT molecular complexity index is 866. The topological polar surface area (TPSA) is 79.4 Å². The van der Waals surface area contributed by atoms with Gasteiger partial charge < -0.3 is 5.32 Å². The third kappa shape index (κ3) is 4.00. The van der Waals surface area contributed by atoms with Gasteiger partial charge in [0.15, 0.2) is 0 Å². The van der Waals surface area contributed by atoms with Crippen LogP contribution in [0.5, 0.6) is 0 Å². The van der Waals surface area contributed by atoms with E-state index in [1.807, 2.05) is 6.07 Å². The van der Waals surface area contributed by atoms with Crippen molar-refractivity contribution in [3.05, 3.63) is 58.9 Å². The molecule has 1 aromatic heterocycles. The highest BCUT2D eigenvalue weighted by atomic mass is 35.5. The number of hydrogen-bond donors (Lipinski definition) is 1. The highest BCUT2D eigenvalue weighted by Gasteiger charge is 2.28. The fraction of sp³-hybridized carbons (Fsp3) is 0.294. The van der Waals surface area contributed by atoms with Crippen LogP contribution >= 0.6 is 11.6 Å². The summed E-state index contributed by atoms with van der Waals surface area (Å²) in [6.45, 7) is 1.30. The number of halogens is 1. The Morgan fingerprint density at radius 3 is 2.68 bits per heavy atom. The second-order valence-corrected chi connectivity index (χ2v) is 8.14. The summed E-state index contributed by atoms with van der Waals surface area (Å²) < 4.78 is 26.7. The van der Waals surface area contributed by atoms with E-state index in [4.69, 9.17) is 11.6 Å². The molecule has 0 bridgehead atoms. The molecule has 0 unspecified atom stereocenters. The maximum absolute atomic E-state index is 12.6. The third-order valence-corrected chi connectivity index (χ3v) is 6.29. The quantitative estimate of drug-likeness (QED) is 0.865. The number of rotatable bonds is 5. The van der Waals surface area contributed by atoms with Crippen LogP contribution in [-0.4, -0.2) is 36.7 Å². The van der Waals surface area contributed by atoms with Gasteiger partial charge in [-0.1, -0.05) is 17.7 Å². The fourth-order valence-corrected chi connectivity index (χ4v) is 4.44. The molecule has 1 saturated heterocycles. The number of nitrogens with one attached hydrogen (secondary N) is 1. The summed E-state index contributed by atoms with van der Waals surface area (Å²) >= 11 is 6.10. The van der Waals surface area contributed by atoms with Gasteiger partial charge >= 0.3 is 0 Å². The van der Waals surface area contributed by atoms with Crippen LogP contribution in [0.15, 0.2) is 47.6 Å². The Kier molecular flexibility index (Phi) is 5.36. The van der Waals surface area contributed by atoms with Gasteiger partial charge in [-0.25, -0.2) is 8.42 Å². The van der Waals surface area contributed by atoms with Gasteiger partial charge in [0.25, 0.3) is 5.91 Å². The average molecular weight is 380 g/mol. The first-order valence-corrected chi connectivity index (χ1v) is 9.77. The number of pyridine rings is 1. The number of benzene rings is 1. The van der Waals surface area contributed by atoms with Crippen molar-refractivity contribution in [2.24, 2.45) is 0 Å². The second kappa shape index (κ2) is 7.51.